The maximum Gasteiger partial charge on any atom is 0.187 e. The summed E-state index contributed by atoms with van der Waals surface area (Å²) in [5.74, 6) is 0. The third kappa shape index (κ3) is 9.31. The molecule has 26 nitrogen and oxygen atoms in total. The molecule has 18 N–H and O–H groups in total. The zero-order valence-electron chi connectivity index (χ0n) is 29.4. The Kier molecular flexibility index (Phi) is 16.1. The molecule has 0 aromatic rings. The van der Waals surface area contributed by atoms with Crippen LogP contribution >= 0.6 is 0 Å². The first-order chi connectivity index (χ1) is 26.5. The molecule has 25 atom stereocenters. The summed E-state index contributed by atoms with van der Waals surface area (Å²) in [4.78, 5) is 0. The van der Waals surface area contributed by atoms with Gasteiger partial charge in [-0.2, -0.15) is 0 Å². The molecule has 0 aromatic heterocycles. The summed E-state index contributed by atoms with van der Waals surface area (Å²) >= 11 is 0. The van der Waals surface area contributed by atoms with E-state index in [1.54, 1.807) is 0 Å². The molecule has 0 bridgehead atoms. The largest absolute Gasteiger partial charge is 0.394 e. The number of nitrogens with two attached hydrogens (primary N) is 1. The third-order valence-corrected chi connectivity index (χ3v) is 10.4. The fourth-order valence-corrected chi connectivity index (χ4v) is 6.92. The summed E-state index contributed by atoms with van der Waals surface area (Å²) in [6.45, 7) is -4.31. The van der Waals surface area contributed by atoms with Gasteiger partial charge < -0.3 is 130 Å². The van der Waals surface area contributed by atoms with Crippen LogP contribution in [0.5, 0.6) is 0 Å². The molecule has 0 aliphatic carbocycles. The molecule has 0 spiro atoms. The van der Waals surface area contributed by atoms with Crippen LogP contribution in [0.25, 0.3) is 0 Å². The first-order valence-electron chi connectivity index (χ1n) is 17.7. The lowest BCUT2D eigenvalue weighted by Crippen LogP contribution is -2.67. The van der Waals surface area contributed by atoms with Gasteiger partial charge >= 0.3 is 0 Å². The fourth-order valence-electron chi connectivity index (χ4n) is 6.92. The van der Waals surface area contributed by atoms with Crippen LogP contribution in [0.3, 0.4) is 0 Å². The first-order valence-corrected chi connectivity index (χ1v) is 17.7. The second-order valence-corrected chi connectivity index (χ2v) is 14.1. The molecule has 1 unspecified atom stereocenters. The predicted octanol–water partition coefficient (Wildman–Crippen LogP) is -12.0. The maximum absolute atomic E-state index is 11.1. The zero-order chi connectivity index (χ0) is 41.3. The Morgan fingerprint density at radius 2 is 0.732 bits per heavy atom. The summed E-state index contributed by atoms with van der Waals surface area (Å²) in [5, 5.41) is 166. The van der Waals surface area contributed by atoms with Gasteiger partial charge in [-0.05, 0) is 0 Å². The van der Waals surface area contributed by atoms with Crippen LogP contribution in [-0.4, -0.2) is 268 Å². The van der Waals surface area contributed by atoms with E-state index in [4.69, 9.17) is 48.4 Å². The lowest BCUT2D eigenvalue weighted by atomic mass is 9.96. The minimum absolute atomic E-state index is 0.805. The number of aliphatic hydroxyl groups excluding tert-OH is 16. The van der Waals surface area contributed by atoms with Crippen molar-refractivity contribution < 1.29 is 124 Å². The van der Waals surface area contributed by atoms with Crippen molar-refractivity contribution in [1.82, 2.24) is 0 Å². The van der Waals surface area contributed by atoms with Crippen molar-refractivity contribution in [3.8, 4) is 0 Å². The molecule has 0 amide bonds. The number of rotatable bonds is 13. The Morgan fingerprint density at radius 3 is 1.23 bits per heavy atom. The summed E-state index contributed by atoms with van der Waals surface area (Å²) in [7, 11) is 0. The van der Waals surface area contributed by atoms with Gasteiger partial charge in [-0.1, -0.05) is 0 Å². The minimum Gasteiger partial charge on any atom is -0.394 e. The molecular formula is C30H53NO25. The molecular weight excluding hydrogens is 774 g/mol. The van der Waals surface area contributed by atoms with Crippen LogP contribution in [0.2, 0.25) is 0 Å². The van der Waals surface area contributed by atoms with Crippen LogP contribution < -0.4 is 5.73 Å². The molecule has 0 radical (unpaired) electrons. The van der Waals surface area contributed by atoms with Crippen molar-refractivity contribution in [3.05, 3.63) is 0 Å². The van der Waals surface area contributed by atoms with Crippen LogP contribution in [-0.2, 0) is 42.6 Å². The highest BCUT2D eigenvalue weighted by atomic mass is 16.8. The molecule has 0 saturated carbocycles. The van der Waals surface area contributed by atoms with Crippen molar-refractivity contribution in [2.45, 2.75) is 153 Å². The second kappa shape index (κ2) is 19.6. The smallest absolute Gasteiger partial charge is 0.187 e. The second-order valence-electron chi connectivity index (χ2n) is 14.1. The van der Waals surface area contributed by atoms with Gasteiger partial charge in [-0.15, -0.1) is 0 Å². The lowest BCUT2D eigenvalue weighted by molar-refractivity contribution is -0.396. The summed E-state index contributed by atoms with van der Waals surface area (Å²) in [6, 6.07) is -1.44. The molecule has 5 aliphatic rings. The summed E-state index contributed by atoms with van der Waals surface area (Å²) in [5.41, 5.74) is 5.73. The van der Waals surface area contributed by atoms with Crippen molar-refractivity contribution in [2.24, 2.45) is 5.73 Å². The molecule has 5 fully saturated rings. The molecule has 5 heterocycles. The highest BCUT2D eigenvalue weighted by Crippen LogP contribution is 2.34. The fraction of sp³-hybridized carbons (Fsp3) is 1.00. The van der Waals surface area contributed by atoms with E-state index >= 15 is 0 Å². The van der Waals surface area contributed by atoms with Crippen molar-refractivity contribution in [1.29, 1.82) is 0 Å². The lowest BCUT2D eigenvalue weighted by Gasteiger charge is -2.48. The average Bonchev–Trinajstić information content (AvgIpc) is 3.19. The Hall–Kier alpha value is -1.04. The van der Waals surface area contributed by atoms with Gasteiger partial charge in [0.1, 0.15) is 116 Å². The van der Waals surface area contributed by atoms with Crippen molar-refractivity contribution >= 4 is 0 Å². The monoisotopic (exact) mass is 827 g/mol. The maximum atomic E-state index is 11.1. The van der Waals surface area contributed by atoms with Gasteiger partial charge in [-0.25, -0.2) is 0 Å². The number of aliphatic hydroxyl groups is 16. The van der Waals surface area contributed by atoms with Crippen LogP contribution in [0.1, 0.15) is 0 Å². The molecule has 5 saturated heterocycles. The number of hydrogen-bond donors (Lipinski definition) is 17. The predicted molar refractivity (Wildman–Crippen MR) is 168 cm³/mol. The Labute approximate surface area is 316 Å². The molecule has 26 heteroatoms. The standard InChI is InChI=1S/C30H53NO25/c31-11-16(40)23(9(4-35)49-26(11)47)54-28-22(46)18(42)15(39)10(53-28)5-48-29-24(19(43)13(37)7(2-33)51-29)56-30-25(20(44)14(38)8(3-34)52-30)55-27-21(45)17(41)12(36)6(1-32)50-27/h6-30,32-47H,1-5,31H2/t6-,7-,8-,9-,10-,11-,12-,13-,14-,15-,16-,17+,18+,19+,20+,21+,22+,23-,24+,25+,26?,27-,28-,29+,30-/m1/s1. The van der Waals surface area contributed by atoms with E-state index in [0.717, 1.165) is 0 Å². The number of ether oxygens (including phenoxy) is 9. The van der Waals surface area contributed by atoms with E-state index in [2.05, 4.69) is 0 Å². The third-order valence-electron chi connectivity index (χ3n) is 10.4. The van der Waals surface area contributed by atoms with E-state index in [-0.39, 0.29) is 0 Å². The molecule has 328 valence electrons. The molecule has 5 rings (SSSR count). The first kappa shape index (κ1) is 46.0. The van der Waals surface area contributed by atoms with Crippen LogP contribution in [0.4, 0.5) is 0 Å². The van der Waals surface area contributed by atoms with E-state index in [1.165, 1.54) is 0 Å². The van der Waals surface area contributed by atoms with Gasteiger partial charge in [0.15, 0.2) is 31.5 Å². The highest BCUT2D eigenvalue weighted by Gasteiger charge is 2.55. The van der Waals surface area contributed by atoms with Crippen LogP contribution in [0.15, 0.2) is 0 Å². The van der Waals surface area contributed by atoms with E-state index in [9.17, 15) is 81.7 Å². The van der Waals surface area contributed by atoms with Gasteiger partial charge in [0, 0.05) is 0 Å². The van der Waals surface area contributed by atoms with E-state index in [0.29, 0.717) is 0 Å². The molecule has 56 heavy (non-hydrogen) atoms. The normalized spacial score (nSPS) is 53.2. The van der Waals surface area contributed by atoms with Gasteiger partial charge in [-0.3, -0.25) is 0 Å². The topological polar surface area (TPSA) is 433 Å². The summed E-state index contributed by atoms with van der Waals surface area (Å²) < 4.78 is 50.1. The Balaban J connectivity index is 1.35. The van der Waals surface area contributed by atoms with Gasteiger partial charge in [0.25, 0.3) is 0 Å². The van der Waals surface area contributed by atoms with E-state index in [1.807, 2.05) is 0 Å². The van der Waals surface area contributed by atoms with E-state index < -0.39 is 187 Å². The number of hydrogen-bond acceptors (Lipinski definition) is 26. The minimum atomic E-state index is -2.04. The molecule has 5 aliphatic heterocycles. The SMILES string of the molecule is N[C@H]1C(O)O[C@H](CO)[C@@H](O[C@H]2O[C@H](CO[C@H]3O[C@H](CO)[C@@H](O)[C@H](O)[C@@H]3O[C@H]3O[C@H](CO)[C@@H](O)[C@H](O)[C@@H]3O[C@H]3O[C@H](CO)[C@@H](O)[C@H](O)[C@@H]3O)[C@@H](O)[C@H](O)[C@@H]2O)[C@@H]1O. The van der Waals surface area contributed by atoms with Crippen molar-refractivity contribution in [2.75, 3.05) is 33.0 Å². The van der Waals surface area contributed by atoms with Crippen LogP contribution in [0, 0.1) is 0 Å². The Morgan fingerprint density at radius 1 is 0.357 bits per heavy atom. The van der Waals surface area contributed by atoms with Crippen molar-refractivity contribution in [3.63, 3.8) is 0 Å². The quantitative estimate of drug-likeness (QED) is 0.0819. The Bertz CT molecular complexity index is 1210. The average molecular weight is 828 g/mol. The zero-order valence-corrected chi connectivity index (χ0v) is 29.4. The summed E-state index contributed by atoms with van der Waals surface area (Å²) in [6.07, 6.45) is -43.7. The van der Waals surface area contributed by atoms with Gasteiger partial charge in [0.2, 0.25) is 0 Å². The van der Waals surface area contributed by atoms with Gasteiger partial charge in [0.05, 0.1) is 39.1 Å². The highest BCUT2D eigenvalue weighted by molar-refractivity contribution is 4.98. The molecule has 0 aromatic carbocycles.